The van der Waals surface area contributed by atoms with Crippen LogP contribution in [-0.4, -0.2) is 41.8 Å². The van der Waals surface area contributed by atoms with E-state index in [1.807, 2.05) is 11.8 Å². The molecule has 2 heterocycles. The number of alkyl halides is 1. The first-order valence-corrected chi connectivity index (χ1v) is 10.9. The van der Waals surface area contributed by atoms with Crippen LogP contribution in [0.5, 0.6) is 0 Å². The van der Waals surface area contributed by atoms with Gasteiger partial charge in [-0.2, -0.15) is 10.5 Å². The van der Waals surface area contributed by atoms with Gasteiger partial charge < -0.3 is 15.4 Å². The van der Waals surface area contributed by atoms with Gasteiger partial charge in [0.25, 0.3) is 0 Å². The highest BCUT2D eigenvalue weighted by molar-refractivity contribution is 8.00. The molecule has 0 amide bonds. The van der Waals surface area contributed by atoms with Gasteiger partial charge in [0.1, 0.15) is 34.9 Å². The van der Waals surface area contributed by atoms with Crippen molar-refractivity contribution >= 4 is 23.9 Å². The molecule has 0 saturated carbocycles. The molecule has 2 N–H and O–H groups in total. The Hall–Kier alpha value is -2.94. The molecule has 1 saturated heterocycles. The fraction of sp³-hybridized carbons (Fsp3) is 0.391. The van der Waals surface area contributed by atoms with Crippen LogP contribution in [0.3, 0.4) is 0 Å². The van der Waals surface area contributed by atoms with Crippen LogP contribution in [0.4, 0.5) is 10.2 Å². The van der Waals surface area contributed by atoms with Crippen molar-refractivity contribution in [1.82, 2.24) is 4.98 Å². The molecule has 162 valence electrons. The summed E-state index contributed by atoms with van der Waals surface area (Å²) in [7, 11) is 0. The second-order valence-electron chi connectivity index (χ2n) is 7.17. The van der Waals surface area contributed by atoms with Crippen LogP contribution in [0.15, 0.2) is 42.0 Å². The number of nitriles is 2. The third-order valence-electron chi connectivity index (χ3n) is 5.39. The van der Waals surface area contributed by atoms with E-state index in [2.05, 4.69) is 30.3 Å². The Morgan fingerprint density at radius 2 is 2.00 bits per heavy atom. The molecule has 0 radical (unpaired) electrons. The third kappa shape index (κ3) is 5.22. The number of carbonyl (C=O) groups is 1. The van der Waals surface area contributed by atoms with E-state index in [4.69, 9.17) is 5.73 Å². The largest absolute Gasteiger partial charge is 0.355 e. The fourth-order valence-electron chi connectivity index (χ4n) is 3.53. The number of allylic oxidation sites excluding steroid dienone is 3. The van der Waals surface area contributed by atoms with Gasteiger partial charge in [0.05, 0.1) is 16.4 Å². The van der Waals surface area contributed by atoms with Crippen LogP contribution in [0.2, 0.25) is 0 Å². The summed E-state index contributed by atoms with van der Waals surface area (Å²) in [5.41, 5.74) is 5.95. The van der Waals surface area contributed by atoms with E-state index >= 15 is 0 Å². The Balaban J connectivity index is 2.58. The van der Waals surface area contributed by atoms with Gasteiger partial charge in [0, 0.05) is 32.5 Å². The van der Waals surface area contributed by atoms with Crippen LogP contribution in [0.25, 0.3) is 0 Å². The number of piperidine rings is 1. The average Bonchev–Trinajstić information content (AvgIpc) is 2.80. The minimum absolute atomic E-state index is 0.0466. The number of nitrogens with zero attached hydrogens (tertiary/aromatic N) is 4. The van der Waals surface area contributed by atoms with E-state index in [0.29, 0.717) is 47.1 Å². The molecule has 1 aromatic heterocycles. The van der Waals surface area contributed by atoms with Crippen molar-refractivity contribution < 1.29 is 9.18 Å². The quantitative estimate of drug-likeness (QED) is 0.356. The van der Waals surface area contributed by atoms with E-state index in [1.54, 1.807) is 18.2 Å². The number of pyridine rings is 1. The molecule has 0 bridgehead atoms. The Morgan fingerprint density at radius 1 is 1.35 bits per heavy atom. The summed E-state index contributed by atoms with van der Waals surface area (Å²) in [5, 5.41) is 19.4. The highest BCUT2D eigenvalue weighted by Gasteiger charge is 2.35. The molecule has 6 nitrogen and oxygen atoms in total. The summed E-state index contributed by atoms with van der Waals surface area (Å²) in [6.07, 6.45) is 6.47. The third-order valence-corrected chi connectivity index (χ3v) is 6.54. The summed E-state index contributed by atoms with van der Waals surface area (Å²) < 4.78 is 14.6. The Kier molecular flexibility index (Phi) is 8.56. The van der Waals surface area contributed by atoms with Crippen molar-refractivity contribution in [3.05, 3.63) is 53.6 Å². The number of aldehydes is 1. The number of nitrogens with two attached hydrogens (primary N) is 1. The minimum Gasteiger partial charge on any atom is -0.355 e. The number of aromatic nitrogens is 1. The maximum atomic E-state index is 14.6. The standard InChI is InChI=1S/C23H26FN5OS/c1-4-7-16(5-2)20(14-30)31-22-19(13-26)17(6-3)18(12-25)21(28-22)29-10-8-23(24,15-27)9-11-29/h4-5,7,14,20H,1-2,6,8-11,15,27H2,3H3/b16-7+. The summed E-state index contributed by atoms with van der Waals surface area (Å²) in [6, 6.07) is 4.33. The van der Waals surface area contributed by atoms with Crippen LogP contribution < -0.4 is 10.6 Å². The summed E-state index contributed by atoms with van der Waals surface area (Å²) >= 11 is 1.12. The average molecular weight is 440 g/mol. The zero-order valence-corrected chi connectivity index (χ0v) is 18.4. The summed E-state index contributed by atoms with van der Waals surface area (Å²) in [5.74, 6) is 0.414. The SMILES string of the molecule is C=C/C=C(\C=C)C(C=O)Sc1nc(N2CCC(F)(CN)CC2)c(C#N)c(CC)c1C#N. The van der Waals surface area contributed by atoms with Gasteiger partial charge in [-0.25, -0.2) is 9.37 Å². The van der Waals surface area contributed by atoms with Crippen molar-refractivity contribution in [2.45, 2.75) is 42.1 Å². The van der Waals surface area contributed by atoms with Crippen molar-refractivity contribution in [3.8, 4) is 12.1 Å². The van der Waals surface area contributed by atoms with Crippen molar-refractivity contribution in [1.29, 1.82) is 10.5 Å². The number of rotatable bonds is 9. The van der Waals surface area contributed by atoms with Gasteiger partial charge in [-0.1, -0.05) is 50.1 Å². The summed E-state index contributed by atoms with van der Waals surface area (Å²) in [6.45, 7) is 9.92. The molecule has 1 unspecified atom stereocenters. The van der Waals surface area contributed by atoms with E-state index in [9.17, 15) is 19.7 Å². The predicted octanol–water partition coefficient (Wildman–Crippen LogP) is 3.61. The van der Waals surface area contributed by atoms with Crippen LogP contribution in [0, 0.1) is 22.7 Å². The molecular weight excluding hydrogens is 413 g/mol. The molecule has 1 aliphatic heterocycles. The maximum Gasteiger partial charge on any atom is 0.148 e. The second-order valence-corrected chi connectivity index (χ2v) is 8.30. The smallest absolute Gasteiger partial charge is 0.148 e. The van der Waals surface area contributed by atoms with Crippen molar-refractivity contribution in [2.24, 2.45) is 5.73 Å². The molecule has 0 aliphatic carbocycles. The van der Waals surface area contributed by atoms with Gasteiger partial charge in [0.2, 0.25) is 0 Å². The lowest BCUT2D eigenvalue weighted by Gasteiger charge is -2.37. The lowest BCUT2D eigenvalue weighted by molar-refractivity contribution is -0.106. The number of anilines is 1. The zero-order valence-electron chi connectivity index (χ0n) is 17.6. The molecule has 31 heavy (non-hydrogen) atoms. The van der Waals surface area contributed by atoms with Crippen LogP contribution in [0.1, 0.15) is 36.5 Å². The topological polar surface area (TPSA) is 107 Å². The second kappa shape index (κ2) is 10.9. The minimum atomic E-state index is -1.42. The first-order valence-electron chi connectivity index (χ1n) is 9.99. The van der Waals surface area contributed by atoms with E-state index < -0.39 is 10.9 Å². The number of halogens is 1. The lowest BCUT2D eigenvalue weighted by atomic mass is 9.93. The fourth-order valence-corrected chi connectivity index (χ4v) is 4.56. The highest BCUT2D eigenvalue weighted by atomic mass is 32.2. The zero-order chi connectivity index (χ0) is 23.0. The number of thioether (sulfide) groups is 1. The summed E-state index contributed by atoms with van der Waals surface area (Å²) in [4.78, 5) is 18.3. The van der Waals surface area contributed by atoms with E-state index in [1.165, 1.54) is 0 Å². The van der Waals surface area contributed by atoms with E-state index in [-0.39, 0.29) is 24.9 Å². The van der Waals surface area contributed by atoms with Crippen LogP contribution in [-0.2, 0) is 11.2 Å². The Labute approximate surface area is 186 Å². The lowest BCUT2D eigenvalue weighted by Crippen LogP contribution is -2.46. The molecule has 1 aliphatic rings. The van der Waals surface area contributed by atoms with Crippen LogP contribution >= 0.6 is 11.8 Å². The van der Waals surface area contributed by atoms with Crippen molar-refractivity contribution in [3.63, 3.8) is 0 Å². The maximum absolute atomic E-state index is 14.6. The van der Waals surface area contributed by atoms with Gasteiger partial charge in [0.15, 0.2) is 0 Å². The van der Waals surface area contributed by atoms with Gasteiger partial charge in [-0.15, -0.1) is 0 Å². The van der Waals surface area contributed by atoms with Gasteiger partial charge >= 0.3 is 0 Å². The highest BCUT2D eigenvalue weighted by Crippen LogP contribution is 2.37. The van der Waals surface area contributed by atoms with E-state index in [0.717, 1.165) is 18.0 Å². The van der Waals surface area contributed by atoms with Gasteiger partial charge in [-0.05, 0) is 17.6 Å². The number of carbonyl (C=O) groups excluding carboxylic acids is 1. The molecule has 1 fully saturated rings. The molecule has 8 heteroatoms. The molecular formula is C23H26FN5OS. The normalized spacial score (nSPS) is 16.7. The molecule has 0 spiro atoms. The monoisotopic (exact) mass is 439 g/mol. The first-order chi connectivity index (χ1) is 14.9. The van der Waals surface area contributed by atoms with Crippen molar-refractivity contribution in [2.75, 3.05) is 24.5 Å². The molecule has 1 aromatic rings. The van der Waals surface area contributed by atoms with Gasteiger partial charge in [-0.3, -0.25) is 0 Å². The first kappa shape index (κ1) is 24.3. The predicted molar refractivity (Wildman–Crippen MR) is 122 cm³/mol. The Bertz CT molecular complexity index is 968. The number of hydrogen-bond acceptors (Lipinski definition) is 7. The molecule has 2 rings (SSSR count). The Morgan fingerprint density at radius 3 is 2.45 bits per heavy atom. The molecule has 1 atom stereocenters. The molecule has 0 aromatic carbocycles. The number of hydrogen-bond donors (Lipinski definition) is 1.